The number of nitrogens with one attached hydrogen (secondary N) is 1. The summed E-state index contributed by atoms with van der Waals surface area (Å²) in [6.07, 6.45) is 2.59. The molecule has 1 amide bonds. The zero-order valence-electron chi connectivity index (χ0n) is 9.01. The van der Waals surface area contributed by atoms with Crippen molar-refractivity contribution in [2.45, 2.75) is 12.5 Å². The first-order chi connectivity index (χ1) is 7.52. The molecule has 1 aromatic rings. The van der Waals surface area contributed by atoms with E-state index >= 15 is 0 Å². The number of amides is 1. The molecule has 1 atom stereocenters. The minimum atomic E-state index is -1.13. The predicted octanol–water partition coefficient (Wildman–Crippen LogP) is -0.228. The van der Waals surface area contributed by atoms with Gasteiger partial charge in [-0.15, -0.1) is 0 Å². The topological polar surface area (TPSA) is 93.5 Å². The molecule has 0 aliphatic carbocycles. The van der Waals surface area contributed by atoms with Gasteiger partial charge in [0.25, 0.3) is 0 Å². The van der Waals surface area contributed by atoms with Gasteiger partial charge < -0.3 is 19.7 Å². The first-order valence-corrected chi connectivity index (χ1v) is 4.57. The summed E-state index contributed by atoms with van der Waals surface area (Å²) in [5, 5.41) is 11.1. The average Bonchev–Trinajstić information content (AvgIpc) is 2.62. The molecule has 2 N–H and O–H groups in total. The third-order valence-corrected chi connectivity index (χ3v) is 1.95. The van der Waals surface area contributed by atoms with E-state index in [2.05, 4.69) is 15.0 Å². The Morgan fingerprint density at radius 3 is 2.81 bits per heavy atom. The zero-order valence-corrected chi connectivity index (χ0v) is 9.01. The number of aliphatic carboxylic acids is 1. The molecule has 7 heteroatoms. The predicted molar refractivity (Wildman–Crippen MR) is 53.9 cm³/mol. The second-order valence-corrected chi connectivity index (χ2v) is 3.26. The average molecular weight is 227 g/mol. The number of aromatic nitrogens is 2. The number of rotatable bonds is 4. The van der Waals surface area contributed by atoms with Gasteiger partial charge in [0, 0.05) is 19.7 Å². The van der Waals surface area contributed by atoms with Gasteiger partial charge in [-0.05, 0) is 0 Å². The standard InChI is InChI=1S/C9H13N3O4/c1-12-4-6(10-5-12)3-7(8(13)14)11-9(15)16-2/h4-5,7H,3H2,1-2H3,(H,11,15)(H,13,14). The zero-order chi connectivity index (χ0) is 12.1. The molecule has 0 saturated heterocycles. The molecule has 0 aliphatic rings. The normalized spacial score (nSPS) is 11.9. The molecule has 0 radical (unpaired) electrons. The number of carboxylic acid groups (broad SMARTS) is 1. The number of carbonyl (C=O) groups is 2. The van der Waals surface area contributed by atoms with Crippen LogP contribution in [0.25, 0.3) is 0 Å². The number of carboxylic acids is 1. The van der Waals surface area contributed by atoms with Crippen molar-refractivity contribution in [2.24, 2.45) is 7.05 Å². The van der Waals surface area contributed by atoms with Crippen LogP contribution in [0.3, 0.4) is 0 Å². The SMILES string of the molecule is COC(=O)NC(Cc1cn(C)cn1)C(=O)O. The number of methoxy groups -OCH3 is 1. The third kappa shape index (κ3) is 3.26. The fourth-order valence-corrected chi connectivity index (χ4v) is 1.18. The molecule has 1 unspecified atom stereocenters. The molecule has 0 aromatic carbocycles. The molecule has 7 nitrogen and oxygen atoms in total. The summed E-state index contributed by atoms with van der Waals surface area (Å²) >= 11 is 0. The Hall–Kier alpha value is -2.05. The van der Waals surface area contributed by atoms with Crippen molar-refractivity contribution in [3.63, 3.8) is 0 Å². The lowest BCUT2D eigenvalue weighted by Gasteiger charge is -2.11. The number of carbonyl (C=O) groups excluding carboxylic acids is 1. The van der Waals surface area contributed by atoms with Gasteiger partial charge in [-0.1, -0.05) is 0 Å². The van der Waals surface area contributed by atoms with Crippen molar-refractivity contribution >= 4 is 12.1 Å². The summed E-state index contributed by atoms with van der Waals surface area (Å²) in [5.74, 6) is -1.13. The number of aryl methyl sites for hydroxylation is 1. The fraction of sp³-hybridized carbons (Fsp3) is 0.444. The highest BCUT2D eigenvalue weighted by Crippen LogP contribution is 2.00. The minimum absolute atomic E-state index is 0.116. The van der Waals surface area contributed by atoms with Crippen molar-refractivity contribution in [1.29, 1.82) is 0 Å². The summed E-state index contributed by atoms with van der Waals surface area (Å²) in [4.78, 5) is 25.7. The summed E-state index contributed by atoms with van der Waals surface area (Å²) in [6, 6.07) is -1.04. The van der Waals surface area contributed by atoms with Crippen molar-refractivity contribution < 1.29 is 19.4 Å². The van der Waals surface area contributed by atoms with E-state index in [1.54, 1.807) is 24.1 Å². The van der Waals surface area contributed by atoms with Gasteiger partial charge >= 0.3 is 12.1 Å². The first kappa shape index (κ1) is 12.0. The van der Waals surface area contributed by atoms with Crippen molar-refractivity contribution in [3.8, 4) is 0 Å². The number of nitrogens with zero attached hydrogens (tertiary/aromatic N) is 2. The molecule has 0 saturated carbocycles. The van der Waals surface area contributed by atoms with Crippen LogP contribution in [0, 0.1) is 0 Å². The van der Waals surface area contributed by atoms with Crippen LogP contribution in [0.15, 0.2) is 12.5 Å². The van der Waals surface area contributed by atoms with E-state index in [4.69, 9.17) is 5.11 Å². The van der Waals surface area contributed by atoms with Gasteiger partial charge in [0.1, 0.15) is 6.04 Å². The van der Waals surface area contributed by atoms with Gasteiger partial charge in [0.05, 0.1) is 19.1 Å². The van der Waals surface area contributed by atoms with Gasteiger partial charge in [0.2, 0.25) is 0 Å². The maximum atomic E-state index is 10.9. The Morgan fingerprint density at radius 1 is 1.69 bits per heavy atom. The Labute approximate surface area is 92.0 Å². The van der Waals surface area contributed by atoms with E-state index in [0.29, 0.717) is 5.69 Å². The number of ether oxygens (including phenoxy) is 1. The van der Waals surface area contributed by atoms with Crippen LogP contribution in [0.5, 0.6) is 0 Å². The van der Waals surface area contributed by atoms with Crippen LogP contribution in [0.4, 0.5) is 4.79 Å². The van der Waals surface area contributed by atoms with Crippen molar-refractivity contribution in [3.05, 3.63) is 18.2 Å². The highest BCUT2D eigenvalue weighted by Gasteiger charge is 2.21. The molecule has 88 valence electrons. The van der Waals surface area contributed by atoms with Gasteiger partial charge in [-0.2, -0.15) is 0 Å². The molecule has 0 aliphatic heterocycles. The van der Waals surface area contributed by atoms with Gasteiger partial charge in [-0.3, -0.25) is 0 Å². The number of imidazole rings is 1. The third-order valence-electron chi connectivity index (χ3n) is 1.95. The molecule has 1 heterocycles. The van der Waals surface area contributed by atoms with Crippen LogP contribution in [0.2, 0.25) is 0 Å². The summed E-state index contributed by atoms with van der Waals surface area (Å²) < 4.78 is 6.04. The van der Waals surface area contributed by atoms with Gasteiger partial charge in [0.15, 0.2) is 0 Å². The molecular formula is C9H13N3O4. The second-order valence-electron chi connectivity index (χ2n) is 3.26. The number of alkyl carbamates (subject to hydrolysis) is 1. The number of hydrogen-bond acceptors (Lipinski definition) is 4. The monoisotopic (exact) mass is 227 g/mol. The van der Waals surface area contributed by atoms with E-state index in [0.717, 1.165) is 0 Å². The van der Waals surface area contributed by atoms with Crippen molar-refractivity contribution in [2.75, 3.05) is 7.11 Å². The van der Waals surface area contributed by atoms with Crippen LogP contribution in [-0.4, -0.2) is 39.9 Å². The lowest BCUT2D eigenvalue weighted by Crippen LogP contribution is -2.42. The fourth-order valence-electron chi connectivity index (χ4n) is 1.18. The van der Waals surface area contributed by atoms with Crippen LogP contribution in [-0.2, 0) is 23.0 Å². The van der Waals surface area contributed by atoms with Crippen LogP contribution in [0.1, 0.15) is 5.69 Å². The molecule has 0 spiro atoms. The van der Waals surface area contributed by atoms with E-state index in [-0.39, 0.29) is 6.42 Å². The quantitative estimate of drug-likeness (QED) is 0.741. The van der Waals surface area contributed by atoms with Crippen LogP contribution >= 0.6 is 0 Å². The van der Waals surface area contributed by atoms with E-state index < -0.39 is 18.1 Å². The summed E-state index contributed by atoms with van der Waals surface area (Å²) in [6.45, 7) is 0. The summed E-state index contributed by atoms with van der Waals surface area (Å²) in [7, 11) is 2.95. The first-order valence-electron chi connectivity index (χ1n) is 4.57. The molecular weight excluding hydrogens is 214 g/mol. The van der Waals surface area contributed by atoms with Gasteiger partial charge in [-0.25, -0.2) is 14.6 Å². The summed E-state index contributed by atoms with van der Waals surface area (Å²) in [5.41, 5.74) is 0.589. The highest BCUT2D eigenvalue weighted by atomic mass is 16.5. The molecule has 0 bridgehead atoms. The Balaban J connectivity index is 2.65. The van der Waals surface area contributed by atoms with Crippen molar-refractivity contribution in [1.82, 2.24) is 14.9 Å². The minimum Gasteiger partial charge on any atom is -0.480 e. The van der Waals surface area contributed by atoms with E-state index in [1.165, 1.54) is 7.11 Å². The van der Waals surface area contributed by atoms with E-state index in [1.807, 2.05) is 0 Å². The Bertz CT molecular complexity index is 388. The maximum absolute atomic E-state index is 10.9. The highest BCUT2D eigenvalue weighted by molar-refractivity contribution is 5.80. The van der Waals surface area contributed by atoms with Crippen LogP contribution < -0.4 is 5.32 Å². The Morgan fingerprint density at radius 2 is 2.38 bits per heavy atom. The largest absolute Gasteiger partial charge is 0.480 e. The number of hydrogen-bond donors (Lipinski definition) is 2. The molecule has 0 fully saturated rings. The lowest BCUT2D eigenvalue weighted by atomic mass is 10.2. The molecule has 1 aromatic heterocycles. The molecule has 16 heavy (non-hydrogen) atoms. The van der Waals surface area contributed by atoms with E-state index in [9.17, 15) is 9.59 Å². The smallest absolute Gasteiger partial charge is 0.407 e. The lowest BCUT2D eigenvalue weighted by molar-refractivity contribution is -0.139. The maximum Gasteiger partial charge on any atom is 0.407 e. The molecule has 1 rings (SSSR count). The second kappa shape index (κ2) is 5.15. The Kier molecular flexibility index (Phi) is 3.87.